The van der Waals surface area contributed by atoms with E-state index in [4.69, 9.17) is 0 Å². The van der Waals surface area contributed by atoms with E-state index in [1.807, 2.05) is 12.1 Å². The van der Waals surface area contributed by atoms with Crippen LogP contribution < -0.4 is 31.1 Å². The van der Waals surface area contributed by atoms with Crippen molar-refractivity contribution in [1.29, 1.82) is 0 Å². The number of para-hydroxylation sites is 2. The normalized spacial score (nSPS) is 19.1. The zero-order valence-electron chi connectivity index (χ0n) is 47.1. The number of aryl methyl sites for hydroxylation is 2. The topological polar surface area (TPSA) is 9.72 Å². The Morgan fingerprint density at radius 2 is 0.986 bits per heavy atom. The molecule has 0 saturated heterocycles. The monoisotopic (exact) mass is 941 g/mol. The van der Waals surface area contributed by atoms with Crippen LogP contribution in [-0.4, -0.2) is 6.71 Å². The lowest BCUT2D eigenvalue weighted by atomic mass is 9.33. The van der Waals surface area contributed by atoms with Gasteiger partial charge in [0.1, 0.15) is 0 Å². The van der Waals surface area contributed by atoms with Crippen molar-refractivity contribution in [2.45, 2.75) is 129 Å². The second-order valence-electron chi connectivity index (χ2n) is 25.0. The molecule has 72 heavy (non-hydrogen) atoms. The van der Waals surface area contributed by atoms with Crippen LogP contribution in [0.2, 0.25) is 0 Å². The summed E-state index contributed by atoms with van der Waals surface area (Å²) in [5.74, 6) is 0. The zero-order valence-corrected chi connectivity index (χ0v) is 44.1. The van der Waals surface area contributed by atoms with Gasteiger partial charge in [-0.1, -0.05) is 160 Å². The lowest BCUT2D eigenvalue weighted by molar-refractivity contribution is 0.332. The van der Waals surface area contributed by atoms with Crippen LogP contribution in [0.5, 0.6) is 0 Å². The molecule has 3 aliphatic carbocycles. The van der Waals surface area contributed by atoms with E-state index in [2.05, 4.69) is 236 Å². The molecule has 0 radical (unpaired) electrons. The minimum atomic E-state index is -2.41. The van der Waals surface area contributed by atoms with Gasteiger partial charge >= 0.3 is 0 Å². The number of anilines is 9. The molecule has 0 fully saturated rings. The fourth-order valence-electron chi connectivity index (χ4n) is 14.7. The van der Waals surface area contributed by atoms with Crippen molar-refractivity contribution in [3.8, 4) is 11.1 Å². The van der Waals surface area contributed by atoms with Gasteiger partial charge in [-0.05, 0) is 193 Å². The van der Waals surface area contributed by atoms with Crippen molar-refractivity contribution in [3.63, 3.8) is 0 Å². The SMILES string of the molecule is [2H]C([2H])([2H])c1cc2c3c(c1)N(c1cccc4c1C(C)(C)c1ccccc1-4)c1cc(N(c4ccccc4)c4ccccc4)ccc1B3c1cc3c(cc1N2c1cc2c(cc1C)C(C)(C)CC2(C)C)C(C)(C)CCC3(C)C. The molecule has 5 aliphatic rings. The summed E-state index contributed by atoms with van der Waals surface area (Å²) in [6.07, 6.45) is 3.24. The van der Waals surface area contributed by atoms with E-state index in [9.17, 15) is 4.11 Å². The Balaban J connectivity index is 1.18. The molecule has 13 rings (SSSR count). The van der Waals surface area contributed by atoms with Crippen molar-refractivity contribution in [2.75, 3.05) is 14.7 Å². The van der Waals surface area contributed by atoms with Crippen LogP contribution in [-0.2, 0) is 27.1 Å². The Bertz CT molecular complexity index is 3660. The van der Waals surface area contributed by atoms with Gasteiger partial charge in [-0.25, -0.2) is 0 Å². The molecule has 8 aromatic carbocycles. The largest absolute Gasteiger partial charge is 0.311 e. The van der Waals surface area contributed by atoms with Crippen molar-refractivity contribution >= 4 is 74.3 Å². The van der Waals surface area contributed by atoms with Gasteiger partial charge in [0.15, 0.2) is 0 Å². The van der Waals surface area contributed by atoms with E-state index in [0.29, 0.717) is 5.56 Å². The van der Waals surface area contributed by atoms with Gasteiger partial charge in [0.2, 0.25) is 0 Å². The van der Waals surface area contributed by atoms with Crippen LogP contribution in [0.25, 0.3) is 11.1 Å². The third kappa shape index (κ3) is 6.36. The van der Waals surface area contributed by atoms with Crippen LogP contribution in [0.1, 0.15) is 137 Å². The molecular weight excluding hydrogens is 870 g/mol. The standard InChI is InChI=1S/C68H68BN3/c1-42-34-60-63-61(35-42)72(57-39-53-50(36-43(57)2)66(7,8)41-67(53,9)10)59-40-52-51(64(3,4)32-33-65(52,5)6)38-55(59)69(63)54-31-30-46(70(44-22-15-13-16-23-44)45-24-17-14-18-25-45)37-58(54)71(60)56-29-21-27-48-47-26-19-20-28-49(47)68(11,12)62(48)56/h13-31,34-40H,32-33,41H2,1-12H3/i1D3. The average molecular weight is 941 g/mol. The predicted molar refractivity (Wildman–Crippen MR) is 308 cm³/mol. The Labute approximate surface area is 433 Å². The van der Waals surface area contributed by atoms with Gasteiger partial charge in [-0.3, -0.25) is 0 Å². The molecule has 0 bridgehead atoms. The molecule has 0 atom stereocenters. The molecule has 3 nitrogen and oxygen atoms in total. The molecule has 0 aromatic heterocycles. The third-order valence-electron chi connectivity index (χ3n) is 18.0. The van der Waals surface area contributed by atoms with Crippen LogP contribution in [0, 0.1) is 13.8 Å². The maximum Gasteiger partial charge on any atom is 0.252 e. The van der Waals surface area contributed by atoms with Gasteiger partial charge in [0.05, 0.1) is 5.69 Å². The lowest BCUT2D eigenvalue weighted by Crippen LogP contribution is -2.62. The Hall–Kier alpha value is -6.78. The van der Waals surface area contributed by atoms with Gasteiger partial charge in [0.25, 0.3) is 6.71 Å². The third-order valence-corrected chi connectivity index (χ3v) is 18.0. The maximum atomic E-state index is 9.36. The highest BCUT2D eigenvalue weighted by Crippen LogP contribution is 2.58. The van der Waals surface area contributed by atoms with Gasteiger partial charge in [-0.15, -0.1) is 0 Å². The molecule has 2 aliphatic heterocycles. The van der Waals surface area contributed by atoms with E-state index in [-0.39, 0.29) is 33.8 Å². The molecule has 358 valence electrons. The van der Waals surface area contributed by atoms with Crippen LogP contribution >= 0.6 is 0 Å². The minimum Gasteiger partial charge on any atom is -0.311 e. The summed E-state index contributed by atoms with van der Waals surface area (Å²) in [6.45, 7) is 23.7. The Kier molecular flexibility index (Phi) is 8.79. The average Bonchev–Trinajstić information content (AvgIpc) is 3.76. The maximum absolute atomic E-state index is 9.36. The Morgan fingerprint density at radius 1 is 0.444 bits per heavy atom. The highest BCUT2D eigenvalue weighted by Gasteiger charge is 2.49. The van der Waals surface area contributed by atoms with Crippen molar-refractivity contribution in [1.82, 2.24) is 0 Å². The number of hydrogen-bond acceptors (Lipinski definition) is 3. The van der Waals surface area contributed by atoms with E-state index in [1.165, 1.54) is 61.0 Å². The molecular formula is C68H68BN3. The summed E-state index contributed by atoms with van der Waals surface area (Å²) in [6, 6.07) is 58.2. The van der Waals surface area contributed by atoms with E-state index in [0.717, 1.165) is 75.9 Å². The summed E-state index contributed by atoms with van der Waals surface area (Å²) >= 11 is 0. The summed E-state index contributed by atoms with van der Waals surface area (Å²) in [5, 5.41) is 0. The lowest BCUT2D eigenvalue weighted by Gasteiger charge is -2.48. The fraction of sp³-hybridized carbons (Fsp3) is 0.294. The first-order valence-corrected chi connectivity index (χ1v) is 26.4. The first-order chi connectivity index (χ1) is 35.5. The quantitative estimate of drug-likeness (QED) is 0.159. The summed E-state index contributed by atoms with van der Waals surface area (Å²) < 4.78 is 28.1. The molecule has 4 heteroatoms. The molecule has 0 spiro atoms. The second kappa shape index (κ2) is 15.1. The van der Waals surface area contributed by atoms with Crippen molar-refractivity contribution < 1.29 is 4.11 Å². The Morgan fingerprint density at radius 3 is 1.64 bits per heavy atom. The van der Waals surface area contributed by atoms with Crippen LogP contribution in [0.4, 0.5) is 51.2 Å². The van der Waals surface area contributed by atoms with Gasteiger partial charge < -0.3 is 14.7 Å². The smallest absolute Gasteiger partial charge is 0.252 e. The number of benzene rings is 8. The van der Waals surface area contributed by atoms with E-state index in [1.54, 1.807) is 0 Å². The first kappa shape index (κ1) is 41.8. The van der Waals surface area contributed by atoms with Crippen LogP contribution in [0.3, 0.4) is 0 Å². The summed E-state index contributed by atoms with van der Waals surface area (Å²) in [4.78, 5) is 7.33. The molecule has 0 amide bonds. The van der Waals surface area contributed by atoms with E-state index >= 15 is 0 Å². The molecule has 8 aromatic rings. The molecule has 0 unspecified atom stereocenters. The van der Waals surface area contributed by atoms with Gasteiger partial charge in [-0.2, -0.15) is 0 Å². The number of fused-ring (bicyclic) bond motifs is 9. The van der Waals surface area contributed by atoms with Crippen molar-refractivity contribution in [3.05, 3.63) is 202 Å². The summed E-state index contributed by atoms with van der Waals surface area (Å²) in [7, 11) is 0. The zero-order chi connectivity index (χ0) is 52.5. The molecule has 0 saturated carbocycles. The van der Waals surface area contributed by atoms with Crippen LogP contribution in [0.15, 0.2) is 158 Å². The first-order valence-electron chi connectivity index (χ1n) is 27.9. The van der Waals surface area contributed by atoms with E-state index < -0.39 is 6.85 Å². The molecule has 0 N–H and O–H groups in total. The number of nitrogens with zero attached hydrogens (tertiary/aromatic N) is 3. The van der Waals surface area contributed by atoms with Crippen molar-refractivity contribution in [2.24, 2.45) is 0 Å². The predicted octanol–water partition coefficient (Wildman–Crippen LogP) is 16.5. The highest BCUT2D eigenvalue weighted by molar-refractivity contribution is 7.00. The second-order valence-corrected chi connectivity index (χ2v) is 25.0. The number of rotatable bonds is 5. The van der Waals surface area contributed by atoms with Gasteiger partial charge in [0, 0.05) is 55.0 Å². The minimum absolute atomic E-state index is 0.0189. The number of hydrogen-bond donors (Lipinski definition) is 0. The molecule has 2 heterocycles. The summed E-state index contributed by atoms with van der Waals surface area (Å²) in [5.41, 5.74) is 24.5. The fourth-order valence-corrected chi connectivity index (χ4v) is 14.7. The highest BCUT2D eigenvalue weighted by atomic mass is 15.2.